The van der Waals surface area contributed by atoms with Crippen LogP contribution in [0.4, 0.5) is 0 Å². The van der Waals surface area contributed by atoms with Gasteiger partial charge in [0.05, 0.1) is 0 Å². The number of rotatable bonds is 8. The van der Waals surface area contributed by atoms with Crippen LogP contribution in [0, 0.1) is 11.8 Å². The molecule has 0 bridgehead atoms. The summed E-state index contributed by atoms with van der Waals surface area (Å²) in [6.07, 6.45) is 2.60. The number of hydrogen-bond donors (Lipinski definition) is 2. The number of aliphatic carboxylic acids is 2. The summed E-state index contributed by atoms with van der Waals surface area (Å²) in [5, 5.41) is 17.0. The van der Waals surface area contributed by atoms with E-state index in [4.69, 9.17) is 10.2 Å². The second-order valence-electron chi connectivity index (χ2n) is 4.17. The first-order valence-electron chi connectivity index (χ1n) is 5.37. The van der Waals surface area contributed by atoms with E-state index in [2.05, 4.69) is 0 Å². The summed E-state index contributed by atoms with van der Waals surface area (Å²) < 4.78 is 0. The zero-order valence-corrected chi connectivity index (χ0v) is 9.40. The van der Waals surface area contributed by atoms with Gasteiger partial charge in [0.15, 0.2) is 0 Å². The van der Waals surface area contributed by atoms with Gasteiger partial charge in [0, 0.05) is 12.8 Å². The van der Waals surface area contributed by atoms with Gasteiger partial charge in [-0.3, -0.25) is 9.59 Å². The van der Waals surface area contributed by atoms with E-state index < -0.39 is 11.9 Å². The topological polar surface area (TPSA) is 74.6 Å². The second kappa shape index (κ2) is 7.26. The number of hydrogen-bond acceptors (Lipinski definition) is 2. The molecule has 0 aromatic carbocycles. The number of carboxylic acids is 2. The number of carbonyl (C=O) groups is 2. The normalized spacial score (nSPS) is 14.5. The minimum absolute atomic E-state index is 0.199. The third kappa shape index (κ3) is 7.97. The highest BCUT2D eigenvalue weighted by Crippen LogP contribution is 2.21. The van der Waals surface area contributed by atoms with Crippen molar-refractivity contribution in [3.63, 3.8) is 0 Å². The van der Waals surface area contributed by atoms with Crippen LogP contribution in [0.3, 0.4) is 0 Å². The summed E-state index contributed by atoms with van der Waals surface area (Å²) in [7, 11) is 0. The molecule has 4 heteroatoms. The quantitative estimate of drug-likeness (QED) is 0.653. The monoisotopic (exact) mass is 216 g/mol. The van der Waals surface area contributed by atoms with E-state index in [1.807, 2.05) is 13.8 Å². The zero-order valence-electron chi connectivity index (χ0n) is 9.40. The molecule has 0 spiro atoms. The lowest BCUT2D eigenvalue weighted by Crippen LogP contribution is -2.10. The van der Waals surface area contributed by atoms with Crippen molar-refractivity contribution in [1.29, 1.82) is 0 Å². The molecule has 15 heavy (non-hydrogen) atoms. The molecule has 88 valence electrons. The predicted octanol–water partition coefficient (Wildman–Crippen LogP) is 2.38. The molecule has 0 fully saturated rings. The van der Waals surface area contributed by atoms with Crippen molar-refractivity contribution in [1.82, 2.24) is 0 Å². The highest BCUT2D eigenvalue weighted by atomic mass is 16.4. The first kappa shape index (κ1) is 13.9. The fourth-order valence-corrected chi connectivity index (χ4v) is 1.50. The third-order valence-electron chi connectivity index (χ3n) is 2.84. The van der Waals surface area contributed by atoms with Gasteiger partial charge in [-0.25, -0.2) is 0 Å². The Morgan fingerprint density at radius 2 is 1.40 bits per heavy atom. The van der Waals surface area contributed by atoms with Gasteiger partial charge in [-0.15, -0.1) is 0 Å². The number of carboxylic acid groups (broad SMARTS) is 2. The van der Waals surface area contributed by atoms with E-state index in [0.717, 1.165) is 6.42 Å². The fourth-order valence-electron chi connectivity index (χ4n) is 1.50. The van der Waals surface area contributed by atoms with Gasteiger partial charge >= 0.3 is 11.9 Å². The molecule has 0 aliphatic rings. The van der Waals surface area contributed by atoms with E-state index in [-0.39, 0.29) is 12.8 Å². The van der Waals surface area contributed by atoms with Crippen molar-refractivity contribution >= 4 is 11.9 Å². The van der Waals surface area contributed by atoms with Crippen LogP contribution in [-0.2, 0) is 9.59 Å². The second-order valence-corrected chi connectivity index (χ2v) is 4.17. The van der Waals surface area contributed by atoms with Crippen LogP contribution in [0.5, 0.6) is 0 Å². The smallest absolute Gasteiger partial charge is 0.303 e. The molecule has 0 rings (SSSR count). The van der Waals surface area contributed by atoms with Gasteiger partial charge in [0.1, 0.15) is 0 Å². The lowest BCUT2D eigenvalue weighted by atomic mass is 9.88. The molecule has 0 aromatic heterocycles. The van der Waals surface area contributed by atoms with Crippen LogP contribution in [0.25, 0.3) is 0 Å². The Morgan fingerprint density at radius 1 is 0.933 bits per heavy atom. The average molecular weight is 216 g/mol. The largest absolute Gasteiger partial charge is 0.481 e. The van der Waals surface area contributed by atoms with Gasteiger partial charge in [0.25, 0.3) is 0 Å². The molecule has 0 aromatic rings. The Labute approximate surface area is 90.3 Å². The Hall–Kier alpha value is -1.06. The molecule has 2 unspecified atom stereocenters. The highest BCUT2D eigenvalue weighted by molar-refractivity contribution is 5.66. The van der Waals surface area contributed by atoms with E-state index in [9.17, 15) is 9.59 Å². The van der Waals surface area contributed by atoms with Gasteiger partial charge in [-0.2, -0.15) is 0 Å². The first-order valence-corrected chi connectivity index (χ1v) is 5.37. The summed E-state index contributed by atoms with van der Waals surface area (Å²) in [5.41, 5.74) is 0. The SMILES string of the molecule is CC(CCCC(=O)O)C(C)CCC(=O)O. The Morgan fingerprint density at radius 3 is 1.87 bits per heavy atom. The van der Waals surface area contributed by atoms with Crippen LogP contribution in [-0.4, -0.2) is 22.2 Å². The first-order chi connectivity index (χ1) is 6.93. The summed E-state index contributed by atoms with van der Waals surface area (Å²) in [5.74, 6) is -0.793. The summed E-state index contributed by atoms with van der Waals surface area (Å²) in [4.78, 5) is 20.6. The standard InChI is InChI=1S/C11H20O4/c1-8(4-3-5-10(12)13)9(2)6-7-11(14)15/h8-9H,3-7H2,1-2H3,(H,12,13)(H,14,15). The highest BCUT2D eigenvalue weighted by Gasteiger charge is 2.13. The molecule has 0 saturated heterocycles. The molecule has 0 aliphatic carbocycles. The van der Waals surface area contributed by atoms with Crippen molar-refractivity contribution in [3.05, 3.63) is 0 Å². The summed E-state index contributed by atoms with van der Waals surface area (Å²) in [6.45, 7) is 4.07. The molecule has 0 saturated carbocycles. The molecule has 0 amide bonds. The van der Waals surface area contributed by atoms with Gasteiger partial charge in [-0.1, -0.05) is 13.8 Å². The molecule has 2 atom stereocenters. The van der Waals surface area contributed by atoms with Crippen molar-refractivity contribution in [2.45, 2.75) is 46.0 Å². The van der Waals surface area contributed by atoms with E-state index in [0.29, 0.717) is 24.7 Å². The van der Waals surface area contributed by atoms with Crippen LogP contribution < -0.4 is 0 Å². The predicted molar refractivity (Wildman–Crippen MR) is 56.7 cm³/mol. The van der Waals surface area contributed by atoms with E-state index >= 15 is 0 Å². The summed E-state index contributed by atoms with van der Waals surface area (Å²) in [6, 6.07) is 0. The van der Waals surface area contributed by atoms with Crippen LogP contribution in [0.2, 0.25) is 0 Å². The Kier molecular flexibility index (Phi) is 6.75. The maximum Gasteiger partial charge on any atom is 0.303 e. The molecular weight excluding hydrogens is 196 g/mol. The average Bonchev–Trinajstić information content (AvgIpc) is 2.13. The van der Waals surface area contributed by atoms with Crippen LogP contribution >= 0.6 is 0 Å². The van der Waals surface area contributed by atoms with E-state index in [1.165, 1.54) is 0 Å². The van der Waals surface area contributed by atoms with Crippen LogP contribution in [0.1, 0.15) is 46.0 Å². The fraction of sp³-hybridized carbons (Fsp3) is 0.818. The molecule has 4 nitrogen and oxygen atoms in total. The van der Waals surface area contributed by atoms with E-state index in [1.54, 1.807) is 0 Å². The van der Waals surface area contributed by atoms with Gasteiger partial charge in [0.2, 0.25) is 0 Å². The Bertz CT molecular complexity index is 213. The molecule has 0 heterocycles. The molecule has 0 aliphatic heterocycles. The van der Waals surface area contributed by atoms with Gasteiger partial charge < -0.3 is 10.2 Å². The molecule has 2 N–H and O–H groups in total. The molecular formula is C11H20O4. The maximum absolute atomic E-state index is 10.4. The lowest BCUT2D eigenvalue weighted by molar-refractivity contribution is -0.138. The van der Waals surface area contributed by atoms with Crippen LogP contribution in [0.15, 0.2) is 0 Å². The summed E-state index contributed by atoms with van der Waals surface area (Å²) >= 11 is 0. The van der Waals surface area contributed by atoms with Crippen molar-refractivity contribution < 1.29 is 19.8 Å². The minimum atomic E-state index is -0.764. The van der Waals surface area contributed by atoms with Gasteiger partial charge in [-0.05, 0) is 31.1 Å². The lowest BCUT2D eigenvalue weighted by Gasteiger charge is -2.18. The Balaban J connectivity index is 3.63. The maximum atomic E-state index is 10.4. The molecule has 0 radical (unpaired) electrons. The third-order valence-corrected chi connectivity index (χ3v) is 2.84. The van der Waals surface area contributed by atoms with Crippen molar-refractivity contribution in [2.24, 2.45) is 11.8 Å². The minimum Gasteiger partial charge on any atom is -0.481 e. The zero-order chi connectivity index (χ0) is 11.8. The van der Waals surface area contributed by atoms with Crippen molar-refractivity contribution in [3.8, 4) is 0 Å². The van der Waals surface area contributed by atoms with Crippen molar-refractivity contribution in [2.75, 3.05) is 0 Å².